The van der Waals surface area contributed by atoms with E-state index in [1.165, 1.54) is 4.31 Å². The molecule has 1 saturated heterocycles. The molecule has 1 aliphatic rings. The van der Waals surface area contributed by atoms with Gasteiger partial charge in [0.25, 0.3) is 0 Å². The summed E-state index contributed by atoms with van der Waals surface area (Å²) in [5, 5.41) is 3.18. The lowest BCUT2D eigenvalue weighted by molar-refractivity contribution is -0.126. The number of hydrogen-bond acceptors (Lipinski definition) is 4. The molecular weight excluding hydrogens is 460 g/mol. The maximum atomic E-state index is 13.4. The molecule has 184 valence electrons. The minimum atomic E-state index is -3.72. The van der Waals surface area contributed by atoms with Crippen molar-refractivity contribution >= 4 is 15.9 Å². The highest BCUT2D eigenvalue weighted by molar-refractivity contribution is 7.89. The molecule has 1 amide bonds. The molecule has 1 N–H and O–H groups in total. The number of carbonyl (C=O) groups is 1. The van der Waals surface area contributed by atoms with Gasteiger partial charge in [-0.2, -0.15) is 4.31 Å². The molecule has 0 radical (unpaired) electrons. The number of ether oxygens (including phenoxy) is 1. The van der Waals surface area contributed by atoms with Crippen LogP contribution in [0.3, 0.4) is 0 Å². The van der Waals surface area contributed by atoms with Gasteiger partial charge in [0.15, 0.2) is 0 Å². The van der Waals surface area contributed by atoms with Crippen LogP contribution in [0.1, 0.15) is 42.5 Å². The van der Waals surface area contributed by atoms with Crippen molar-refractivity contribution in [3.05, 3.63) is 95.6 Å². The van der Waals surface area contributed by atoms with Crippen molar-refractivity contribution in [1.82, 2.24) is 9.62 Å². The zero-order valence-corrected chi connectivity index (χ0v) is 21.0. The number of nitrogens with one attached hydrogen (secondary N) is 1. The number of amides is 1. The van der Waals surface area contributed by atoms with Gasteiger partial charge in [-0.25, -0.2) is 8.42 Å². The van der Waals surface area contributed by atoms with E-state index in [-0.39, 0.29) is 23.4 Å². The molecule has 3 aromatic rings. The lowest BCUT2D eigenvalue weighted by atomic mass is 9.95. The summed E-state index contributed by atoms with van der Waals surface area (Å²) in [6.07, 6.45) is 1.28. The summed E-state index contributed by atoms with van der Waals surface area (Å²) < 4.78 is 33.8. The molecule has 6 nitrogen and oxygen atoms in total. The standard InChI is InChI=1S/C28H32N2O4S/c1-3-34-26-17-16-25(19-21(26)2)35(32,33)30-18-10-15-24(20-30)28(31)29-27(22-11-6-4-7-12-22)23-13-8-5-9-14-23/h4-9,11-14,16-17,19,24,27H,3,10,15,18,20H2,1-2H3,(H,29,31)/t24-/m0/s1. The molecule has 0 saturated carbocycles. The fourth-order valence-electron chi connectivity index (χ4n) is 4.53. The van der Waals surface area contributed by atoms with Gasteiger partial charge in [-0.05, 0) is 61.6 Å². The van der Waals surface area contributed by atoms with Gasteiger partial charge in [0.1, 0.15) is 5.75 Å². The van der Waals surface area contributed by atoms with Crippen LogP contribution in [0.25, 0.3) is 0 Å². The number of piperidine rings is 1. The Balaban J connectivity index is 1.52. The first-order valence-corrected chi connectivity index (χ1v) is 13.5. The SMILES string of the molecule is CCOc1ccc(S(=O)(=O)N2CCC[C@H](C(=O)NC(c3ccccc3)c3ccccc3)C2)cc1C. The molecule has 7 heteroatoms. The maximum Gasteiger partial charge on any atom is 0.243 e. The summed E-state index contributed by atoms with van der Waals surface area (Å²) in [5.41, 5.74) is 2.74. The molecule has 0 spiro atoms. The maximum absolute atomic E-state index is 13.4. The van der Waals surface area contributed by atoms with Crippen molar-refractivity contribution in [3.8, 4) is 5.75 Å². The van der Waals surface area contributed by atoms with Crippen molar-refractivity contribution < 1.29 is 17.9 Å². The van der Waals surface area contributed by atoms with Crippen molar-refractivity contribution in [2.45, 2.75) is 37.6 Å². The van der Waals surface area contributed by atoms with Crippen molar-refractivity contribution in [1.29, 1.82) is 0 Å². The molecule has 1 fully saturated rings. The van der Waals surface area contributed by atoms with Gasteiger partial charge in [-0.3, -0.25) is 4.79 Å². The van der Waals surface area contributed by atoms with Crippen LogP contribution >= 0.6 is 0 Å². The number of benzene rings is 3. The van der Waals surface area contributed by atoms with E-state index in [4.69, 9.17) is 4.74 Å². The lowest BCUT2D eigenvalue weighted by Crippen LogP contribution is -2.46. The van der Waals surface area contributed by atoms with Crippen LogP contribution in [0.4, 0.5) is 0 Å². The third-order valence-corrected chi connectivity index (χ3v) is 8.25. The summed E-state index contributed by atoms with van der Waals surface area (Å²) in [7, 11) is -3.72. The predicted octanol–water partition coefficient (Wildman–Crippen LogP) is 4.70. The van der Waals surface area contributed by atoms with Gasteiger partial charge in [-0.15, -0.1) is 0 Å². The minimum absolute atomic E-state index is 0.134. The van der Waals surface area contributed by atoms with E-state index in [0.717, 1.165) is 16.7 Å². The molecule has 0 aromatic heterocycles. The van der Waals surface area contributed by atoms with E-state index in [0.29, 0.717) is 31.7 Å². The normalized spacial score (nSPS) is 16.7. The second-order valence-corrected chi connectivity index (χ2v) is 10.8. The van der Waals surface area contributed by atoms with Gasteiger partial charge in [-0.1, -0.05) is 60.7 Å². The number of rotatable bonds is 8. The number of aryl methyl sites for hydroxylation is 1. The molecule has 1 atom stereocenters. The van der Waals surface area contributed by atoms with Crippen molar-refractivity contribution in [3.63, 3.8) is 0 Å². The Bertz CT molecular complexity index is 1210. The molecule has 0 unspecified atom stereocenters. The molecule has 0 bridgehead atoms. The smallest absolute Gasteiger partial charge is 0.243 e. The topological polar surface area (TPSA) is 75.7 Å². The summed E-state index contributed by atoms with van der Waals surface area (Å²) in [5.74, 6) is 0.123. The Hall–Kier alpha value is -3.16. The summed E-state index contributed by atoms with van der Waals surface area (Å²) in [4.78, 5) is 13.6. The minimum Gasteiger partial charge on any atom is -0.494 e. The summed E-state index contributed by atoms with van der Waals surface area (Å²) in [6, 6.07) is 24.3. The van der Waals surface area contributed by atoms with Gasteiger partial charge >= 0.3 is 0 Å². The van der Waals surface area contributed by atoms with E-state index in [2.05, 4.69) is 5.32 Å². The number of nitrogens with zero attached hydrogens (tertiary/aromatic N) is 1. The molecule has 0 aliphatic carbocycles. The zero-order valence-electron chi connectivity index (χ0n) is 20.2. The number of sulfonamides is 1. The second kappa shape index (κ2) is 11.1. The molecule has 1 heterocycles. The molecule has 1 aliphatic heterocycles. The highest BCUT2D eigenvalue weighted by Crippen LogP contribution is 2.29. The van der Waals surface area contributed by atoms with Crippen LogP contribution in [0, 0.1) is 12.8 Å². The van der Waals surface area contributed by atoms with Crippen molar-refractivity contribution in [2.75, 3.05) is 19.7 Å². The van der Waals surface area contributed by atoms with Crippen LogP contribution in [-0.2, 0) is 14.8 Å². The lowest BCUT2D eigenvalue weighted by Gasteiger charge is -2.32. The van der Waals surface area contributed by atoms with Gasteiger partial charge < -0.3 is 10.1 Å². The Kier molecular flexibility index (Phi) is 7.88. The monoisotopic (exact) mass is 492 g/mol. The predicted molar refractivity (Wildman–Crippen MR) is 137 cm³/mol. The fourth-order valence-corrected chi connectivity index (χ4v) is 6.14. The number of hydrogen-bond donors (Lipinski definition) is 1. The van der Waals surface area contributed by atoms with Crippen LogP contribution in [-0.4, -0.2) is 38.3 Å². The van der Waals surface area contributed by atoms with Gasteiger partial charge in [0, 0.05) is 13.1 Å². The molecule has 35 heavy (non-hydrogen) atoms. The molecular formula is C28H32N2O4S. The fraction of sp³-hybridized carbons (Fsp3) is 0.321. The molecule has 4 rings (SSSR count). The number of carbonyl (C=O) groups excluding carboxylic acids is 1. The van der Waals surface area contributed by atoms with Crippen molar-refractivity contribution in [2.24, 2.45) is 5.92 Å². The highest BCUT2D eigenvalue weighted by Gasteiger charge is 2.34. The Morgan fingerprint density at radius 1 is 1.03 bits per heavy atom. The largest absolute Gasteiger partial charge is 0.494 e. The Morgan fingerprint density at radius 2 is 1.66 bits per heavy atom. The van der Waals surface area contributed by atoms with Crippen LogP contribution in [0.5, 0.6) is 5.75 Å². The van der Waals surface area contributed by atoms with Gasteiger partial charge in [0.05, 0.1) is 23.5 Å². The third kappa shape index (κ3) is 5.74. The quantitative estimate of drug-likeness (QED) is 0.495. The van der Waals surface area contributed by atoms with E-state index in [1.54, 1.807) is 18.2 Å². The second-order valence-electron chi connectivity index (χ2n) is 8.83. The zero-order chi connectivity index (χ0) is 24.8. The summed E-state index contributed by atoms with van der Waals surface area (Å²) in [6.45, 7) is 4.81. The van der Waals surface area contributed by atoms with Crippen LogP contribution in [0.2, 0.25) is 0 Å². The average molecular weight is 493 g/mol. The van der Waals surface area contributed by atoms with Crippen LogP contribution < -0.4 is 10.1 Å². The van der Waals surface area contributed by atoms with E-state index >= 15 is 0 Å². The Labute approximate surface area is 208 Å². The highest BCUT2D eigenvalue weighted by atomic mass is 32.2. The summed E-state index contributed by atoms with van der Waals surface area (Å²) >= 11 is 0. The first kappa shape index (κ1) is 24.9. The van der Waals surface area contributed by atoms with Gasteiger partial charge in [0.2, 0.25) is 15.9 Å². The van der Waals surface area contributed by atoms with E-state index < -0.39 is 15.9 Å². The molecule has 3 aromatic carbocycles. The first-order valence-electron chi connectivity index (χ1n) is 12.0. The van der Waals surface area contributed by atoms with E-state index in [9.17, 15) is 13.2 Å². The first-order chi connectivity index (χ1) is 16.9. The van der Waals surface area contributed by atoms with Crippen LogP contribution in [0.15, 0.2) is 83.8 Å². The Morgan fingerprint density at radius 3 is 2.23 bits per heavy atom. The third-order valence-electron chi connectivity index (χ3n) is 6.39. The average Bonchev–Trinajstić information content (AvgIpc) is 2.89. The van der Waals surface area contributed by atoms with E-state index in [1.807, 2.05) is 74.5 Å².